The lowest BCUT2D eigenvalue weighted by Crippen LogP contribution is -2.33. The van der Waals surface area contributed by atoms with Crippen LogP contribution < -0.4 is 30.4 Å². The minimum atomic E-state index is -1.30. The zero-order valence-electron chi connectivity index (χ0n) is 35.1. The van der Waals surface area contributed by atoms with Crippen molar-refractivity contribution in [3.63, 3.8) is 0 Å². The van der Waals surface area contributed by atoms with Crippen molar-refractivity contribution in [2.45, 2.75) is 54.4 Å². The van der Waals surface area contributed by atoms with Crippen molar-refractivity contribution in [3.8, 4) is 11.5 Å². The first-order chi connectivity index (χ1) is 29.1. The monoisotopic (exact) mass is 841 g/mol. The zero-order valence-corrected chi connectivity index (χ0v) is 35.1. The smallest absolute Gasteiger partial charge is 0.361 e. The van der Waals surface area contributed by atoms with Gasteiger partial charge in [-0.15, -0.1) is 0 Å². The number of hydrogen-bond donors (Lipinski definition) is 1. The van der Waals surface area contributed by atoms with Crippen LogP contribution in [0, 0.1) is 0 Å². The Kier molecular flexibility index (Phi) is 19.2. The molecule has 6 aromatic rings. The number of benzene rings is 4. The molecule has 0 atom stereocenters. The second-order valence-electron chi connectivity index (χ2n) is 13.5. The Morgan fingerprint density at radius 3 is 1.15 bits per heavy atom. The fourth-order valence-corrected chi connectivity index (χ4v) is 6.35. The van der Waals surface area contributed by atoms with E-state index in [1.807, 2.05) is 131 Å². The molecule has 2 aromatic heterocycles. The first-order valence-electron chi connectivity index (χ1n) is 19.6. The number of anilines is 2. The highest BCUT2D eigenvalue weighted by molar-refractivity contribution is 5.90. The summed E-state index contributed by atoms with van der Waals surface area (Å²) in [6.07, 6.45) is 0. The van der Waals surface area contributed by atoms with E-state index in [-0.39, 0.29) is 64.5 Å². The highest BCUT2D eigenvalue weighted by Crippen LogP contribution is 2.23. The molecule has 0 saturated carbocycles. The van der Waals surface area contributed by atoms with Gasteiger partial charge in [0.05, 0.1) is 19.8 Å². The Balaban J connectivity index is 0.000000321. The summed E-state index contributed by atoms with van der Waals surface area (Å²) < 4.78 is 18.6. The van der Waals surface area contributed by atoms with Gasteiger partial charge in [0.1, 0.15) is 0 Å². The summed E-state index contributed by atoms with van der Waals surface area (Å²) >= 11 is 0. The lowest BCUT2D eigenvalue weighted by molar-refractivity contribution is 0.0513. The summed E-state index contributed by atoms with van der Waals surface area (Å²) in [4.78, 5) is 62.9. The van der Waals surface area contributed by atoms with Gasteiger partial charge in [-0.2, -0.15) is 0 Å². The number of esters is 1. The standard InChI is InChI=1S/C24H27N3O4.C22H23N3O4.CH4.B/c1-4-30-21-20(23(29)31-5-2)25-24(26(3)22(21)28)27(16-18-12-8-6-9-13-18)17-19-14-10-7-11-15-19;1-3-29-19-18(21(27)28)23-22(24(2)20(19)26)25(14-16-10-6-4-7-11-16)15-17-12-8-5-9-13-17;;/h6-15H,4-5,16-17H2,1-3H3;4-13H,3,14-15H2,1-2H3,(H,27,28);1H4;. The molecule has 4 aromatic carbocycles. The van der Waals surface area contributed by atoms with E-state index >= 15 is 0 Å². The van der Waals surface area contributed by atoms with Gasteiger partial charge < -0.3 is 29.1 Å². The summed E-state index contributed by atoms with van der Waals surface area (Å²) in [6.45, 7) is 7.67. The Hall–Kier alpha value is -7.16. The molecule has 0 aliphatic carbocycles. The number of aromatic carboxylic acids is 1. The third kappa shape index (κ3) is 12.7. The van der Waals surface area contributed by atoms with Crippen molar-refractivity contribution < 1.29 is 28.9 Å². The van der Waals surface area contributed by atoms with Gasteiger partial charge in [0.25, 0.3) is 11.1 Å². The van der Waals surface area contributed by atoms with E-state index in [4.69, 9.17) is 14.2 Å². The number of carbonyl (C=O) groups is 2. The fourth-order valence-electron chi connectivity index (χ4n) is 6.35. The molecular weight excluding hydrogens is 787 g/mol. The summed E-state index contributed by atoms with van der Waals surface area (Å²) in [5.74, 6) is -1.68. The summed E-state index contributed by atoms with van der Waals surface area (Å²) in [6, 6.07) is 39.3. The molecule has 0 bridgehead atoms. The minimum absolute atomic E-state index is 0. The quantitative estimate of drug-likeness (QED) is 0.0750. The van der Waals surface area contributed by atoms with E-state index in [2.05, 4.69) is 9.97 Å². The minimum Gasteiger partial charge on any atom is -0.486 e. The molecule has 0 aliphatic rings. The molecular formula is C47H54BN6O8. The first-order valence-corrected chi connectivity index (χ1v) is 19.6. The molecule has 0 saturated heterocycles. The number of ether oxygens (including phenoxy) is 3. The first kappa shape index (κ1) is 49.2. The molecule has 323 valence electrons. The molecule has 2 heterocycles. The van der Waals surface area contributed by atoms with Crippen LogP contribution in [0.15, 0.2) is 131 Å². The Bertz CT molecular complexity index is 2370. The predicted octanol–water partition coefficient (Wildman–Crippen LogP) is 6.90. The number of carboxylic acid groups (broad SMARTS) is 1. The number of rotatable bonds is 17. The fraction of sp³-hybridized carbons (Fsp3) is 0.277. The van der Waals surface area contributed by atoms with Gasteiger partial charge in [-0.3, -0.25) is 18.7 Å². The van der Waals surface area contributed by atoms with Crippen molar-refractivity contribution in [1.29, 1.82) is 0 Å². The molecule has 0 spiro atoms. The number of hydrogen-bond acceptors (Lipinski definition) is 11. The largest absolute Gasteiger partial charge is 0.486 e. The Morgan fingerprint density at radius 1 is 0.548 bits per heavy atom. The van der Waals surface area contributed by atoms with E-state index < -0.39 is 23.1 Å². The van der Waals surface area contributed by atoms with Gasteiger partial charge in [-0.25, -0.2) is 19.6 Å². The SMILES string of the molecule is C.CCOC(=O)c1nc(N(Cc2ccccc2)Cc2ccccc2)n(C)c(=O)c1OCC.CCOc1c(C(=O)O)nc(N(Cc2ccccc2)Cc2ccccc2)n(C)c1=O.[B]. The third-order valence-corrected chi connectivity index (χ3v) is 9.13. The molecule has 0 fully saturated rings. The van der Waals surface area contributed by atoms with Crippen molar-refractivity contribution in [1.82, 2.24) is 19.1 Å². The highest BCUT2D eigenvalue weighted by Gasteiger charge is 2.26. The van der Waals surface area contributed by atoms with E-state index in [0.29, 0.717) is 32.1 Å². The van der Waals surface area contributed by atoms with E-state index in [0.717, 1.165) is 22.3 Å². The second-order valence-corrected chi connectivity index (χ2v) is 13.5. The molecule has 15 heteroatoms. The molecule has 3 radical (unpaired) electrons. The van der Waals surface area contributed by atoms with Gasteiger partial charge >= 0.3 is 11.9 Å². The van der Waals surface area contributed by atoms with Crippen LogP contribution in [-0.2, 0) is 45.0 Å². The van der Waals surface area contributed by atoms with Crippen molar-refractivity contribution in [2.75, 3.05) is 29.6 Å². The molecule has 6 rings (SSSR count). The maximum absolute atomic E-state index is 13.1. The lowest BCUT2D eigenvalue weighted by Gasteiger charge is -2.26. The van der Waals surface area contributed by atoms with E-state index in [1.54, 1.807) is 34.9 Å². The second kappa shape index (κ2) is 24.2. The third-order valence-electron chi connectivity index (χ3n) is 9.13. The number of carboxylic acids is 1. The van der Waals surface area contributed by atoms with Crippen LogP contribution in [0.1, 0.15) is 71.4 Å². The van der Waals surface area contributed by atoms with E-state index in [9.17, 15) is 24.3 Å². The van der Waals surface area contributed by atoms with Crippen molar-refractivity contribution in [2.24, 2.45) is 14.1 Å². The van der Waals surface area contributed by atoms with Crippen LogP contribution in [0.4, 0.5) is 11.9 Å². The Labute approximate surface area is 364 Å². The topological polar surface area (TPSA) is 158 Å². The molecule has 0 amide bonds. The van der Waals surface area contributed by atoms with Crippen molar-refractivity contribution in [3.05, 3.63) is 176 Å². The van der Waals surface area contributed by atoms with Crippen LogP contribution in [0.25, 0.3) is 0 Å². The predicted molar refractivity (Wildman–Crippen MR) is 242 cm³/mol. The summed E-state index contributed by atoms with van der Waals surface area (Å²) in [7, 11) is 3.20. The van der Waals surface area contributed by atoms with Gasteiger partial charge in [0, 0.05) is 48.7 Å². The average molecular weight is 842 g/mol. The van der Waals surface area contributed by atoms with Crippen LogP contribution in [-0.4, -0.2) is 64.4 Å². The van der Waals surface area contributed by atoms with Gasteiger partial charge in [0.15, 0.2) is 11.4 Å². The number of nitrogens with zero attached hydrogens (tertiary/aromatic N) is 6. The van der Waals surface area contributed by atoms with Crippen LogP contribution in [0.3, 0.4) is 0 Å². The number of carbonyl (C=O) groups excluding carboxylic acids is 1. The molecule has 0 aliphatic heterocycles. The van der Waals surface area contributed by atoms with Gasteiger partial charge in [-0.1, -0.05) is 129 Å². The van der Waals surface area contributed by atoms with Crippen molar-refractivity contribution >= 4 is 32.2 Å². The van der Waals surface area contributed by atoms with Crippen LogP contribution >= 0.6 is 0 Å². The van der Waals surface area contributed by atoms with Gasteiger partial charge in [-0.05, 0) is 43.0 Å². The summed E-state index contributed by atoms with van der Waals surface area (Å²) in [5, 5.41) is 9.58. The van der Waals surface area contributed by atoms with Crippen LogP contribution in [0.5, 0.6) is 11.5 Å². The average Bonchev–Trinajstić information content (AvgIpc) is 3.26. The highest BCUT2D eigenvalue weighted by atomic mass is 16.5. The molecule has 62 heavy (non-hydrogen) atoms. The molecule has 1 N–H and O–H groups in total. The maximum Gasteiger partial charge on any atom is 0.361 e. The molecule has 14 nitrogen and oxygen atoms in total. The maximum atomic E-state index is 13.1. The molecule has 0 unspecified atom stereocenters. The number of aromatic nitrogens is 4. The van der Waals surface area contributed by atoms with Gasteiger partial charge in [0.2, 0.25) is 23.4 Å². The zero-order chi connectivity index (χ0) is 43.0. The lowest BCUT2D eigenvalue weighted by atomic mass is 10.2. The normalized spacial score (nSPS) is 10.2. The van der Waals surface area contributed by atoms with Crippen LogP contribution in [0.2, 0.25) is 0 Å². The Morgan fingerprint density at radius 2 is 0.855 bits per heavy atom. The van der Waals surface area contributed by atoms with E-state index in [1.165, 1.54) is 9.13 Å². The summed E-state index contributed by atoms with van der Waals surface area (Å²) in [5.41, 5.74) is 2.70.